The van der Waals surface area contributed by atoms with Gasteiger partial charge in [0.15, 0.2) is 0 Å². The van der Waals surface area contributed by atoms with E-state index in [4.69, 9.17) is 0 Å². The Morgan fingerprint density at radius 1 is 1.22 bits per heavy atom. The predicted molar refractivity (Wildman–Crippen MR) is 32.6 cm³/mol. The summed E-state index contributed by atoms with van der Waals surface area (Å²) in [5.74, 6) is -2.41. The molecule has 0 aliphatic heterocycles. The first kappa shape index (κ1) is 11.6. The van der Waals surface area contributed by atoms with Crippen LogP contribution >= 0.6 is 0 Å². The van der Waals surface area contributed by atoms with Gasteiger partial charge in [-0.1, -0.05) is 20.3 Å². The van der Waals surface area contributed by atoms with Gasteiger partial charge in [0.25, 0.3) is 0 Å². The number of hydrogen-bond acceptors (Lipinski definition) is 0. The highest BCUT2D eigenvalue weighted by molar-refractivity contribution is 4.60. The SMILES string of the molecule is CCCC(F)(F)CC.F. The summed E-state index contributed by atoms with van der Waals surface area (Å²) >= 11 is 0. The average Bonchev–Trinajstić information content (AvgIpc) is 1.67. The van der Waals surface area contributed by atoms with Crippen molar-refractivity contribution in [3.63, 3.8) is 0 Å². The second-order valence-electron chi connectivity index (χ2n) is 1.96. The van der Waals surface area contributed by atoms with Gasteiger partial charge in [-0.05, 0) is 0 Å². The maximum absolute atomic E-state index is 12.2. The Morgan fingerprint density at radius 2 is 1.67 bits per heavy atom. The normalized spacial score (nSPS) is 10.7. The molecule has 0 fully saturated rings. The van der Waals surface area contributed by atoms with Gasteiger partial charge in [-0.3, -0.25) is 4.70 Å². The van der Waals surface area contributed by atoms with Crippen LogP contribution in [0.1, 0.15) is 33.1 Å². The molecule has 0 amide bonds. The van der Waals surface area contributed by atoms with Crippen molar-refractivity contribution in [2.24, 2.45) is 0 Å². The fraction of sp³-hybridized carbons (Fsp3) is 1.00. The minimum Gasteiger partial charge on any atom is -0.269 e. The smallest absolute Gasteiger partial charge is 0.247 e. The van der Waals surface area contributed by atoms with E-state index in [0.29, 0.717) is 6.42 Å². The zero-order valence-corrected chi connectivity index (χ0v) is 5.79. The topological polar surface area (TPSA) is 0 Å². The van der Waals surface area contributed by atoms with Crippen LogP contribution in [0.2, 0.25) is 0 Å². The van der Waals surface area contributed by atoms with E-state index >= 15 is 0 Å². The van der Waals surface area contributed by atoms with Crippen molar-refractivity contribution in [3.8, 4) is 0 Å². The first-order valence-electron chi connectivity index (χ1n) is 3.00. The molecule has 0 N–H and O–H groups in total. The van der Waals surface area contributed by atoms with Gasteiger partial charge >= 0.3 is 0 Å². The first-order valence-corrected chi connectivity index (χ1v) is 3.00. The standard InChI is InChI=1S/C6H12F2.FH/c1-3-5-6(7,8)4-2;/h3-5H2,1-2H3;1H. The Kier molecular flexibility index (Phi) is 5.98. The summed E-state index contributed by atoms with van der Waals surface area (Å²) in [6.07, 6.45) is 0.575. The lowest BCUT2D eigenvalue weighted by Gasteiger charge is -2.10. The predicted octanol–water partition coefficient (Wildman–Crippen LogP) is 2.98. The van der Waals surface area contributed by atoms with E-state index in [9.17, 15) is 8.78 Å². The summed E-state index contributed by atoms with van der Waals surface area (Å²) in [5.41, 5.74) is 0. The zero-order valence-electron chi connectivity index (χ0n) is 5.79. The van der Waals surface area contributed by atoms with Crippen molar-refractivity contribution in [1.82, 2.24) is 0 Å². The van der Waals surface area contributed by atoms with Gasteiger partial charge < -0.3 is 0 Å². The summed E-state index contributed by atoms with van der Waals surface area (Å²) in [6.45, 7) is 3.28. The molecule has 0 rings (SSSR count). The van der Waals surface area contributed by atoms with Crippen molar-refractivity contribution in [2.75, 3.05) is 0 Å². The summed E-state index contributed by atoms with van der Waals surface area (Å²) in [5, 5.41) is 0. The van der Waals surface area contributed by atoms with Crippen LogP contribution in [-0.2, 0) is 0 Å². The Labute approximate surface area is 53.6 Å². The molecular formula is C6H13F3. The molecule has 0 bridgehead atoms. The highest BCUT2D eigenvalue weighted by Gasteiger charge is 2.23. The van der Waals surface area contributed by atoms with E-state index < -0.39 is 5.92 Å². The van der Waals surface area contributed by atoms with Gasteiger partial charge in [-0.2, -0.15) is 0 Å². The molecule has 0 saturated heterocycles. The van der Waals surface area contributed by atoms with E-state index in [1.807, 2.05) is 0 Å². The van der Waals surface area contributed by atoms with Gasteiger partial charge in [0, 0.05) is 12.8 Å². The summed E-state index contributed by atoms with van der Waals surface area (Å²) in [6, 6.07) is 0. The maximum atomic E-state index is 12.2. The lowest BCUT2D eigenvalue weighted by Crippen LogP contribution is -2.12. The number of halogens is 3. The quantitative estimate of drug-likeness (QED) is 0.568. The number of rotatable bonds is 3. The van der Waals surface area contributed by atoms with Crippen LogP contribution in [-0.4, -0.2) is 5.92 Å². The second kappa shape index (κ2) is 4.65. The molecule has 0 saturated carbocycles. The van der Waals surface area contributed by atoms with Crippen LogP contribution in [0.4, 0.5) is 13.5 Å². The molecule has 0 atom stereocenters. The van der Waals surface area contributed by atoms with Crippen molar-refractivity contribution in [3.05, 3.63) is 0 Å². The van der Waals surface area contributed by atoms with E-state index in [1.54, 1.807) is 6.92 Å². The van der Waals surface area contributed by atoms with Crippen LogP contribution in [0.15, 0.2) is 0 Å². The third-order valence-corrected chi connectivity index (χ3v) is 1.13. The summed E-state index contributed by atoms with van der Waals surface area (Å²) in [4.78, 5) is 0. The molecule has 0 unspecified atom stereocenters. The largest absolute Gasteiger partial charge is 0.269 e. The minimum absolute atomic E-state index is 0. The van der Waals surface area contributed by atoms with E-state index in [1.165, 1.54) is 6.92 Å². The molecule has 0 heterocycles. The van der Waals surface area contributed by atoms with Gasteiger partial charge in [0.1, 0.15) is 0 Å². The van der Waals surface area contributed by atoms with E-state index in [0.717, 1.165) is 0 Å². The van der Waals surface area contributed by atoms with Crippen molar-refractivity contribution in [2.45, 2.75) is 39.0 Å². The second-order valence-corrected chi connectivity index (χ2v) is 1.96. The molecule has 0 aromatic rings. The molecule has 9 heavy (non-hydrogen) atoms. The highest BCUT2D eigenvalue weighted by atomic mass is 19.3. The molecular weight excluding hydrogens is 129 g/mol. The monoisotopic (exact) mass is 142 g/mol. The van der Waals surface area contributed by atoms with Crippen molar-refractivity contribution >= 4 is 0 Å². The maximum Gasteiger partial charge on any atom is 0.247 e. The molecule has 0 spiro atoms. The van der Waals surface area contributed by atoms with Crippen LogP contribution in [0.5, 0.6) is 0 Å². The molecule has 58 valence electrons. The van der Waals surface area contributed by atoms with Crippen LogP contribution in [0.3, 0.4) is 0 Å². The minimum atomic E-state index is -2.41. The number of hydrogen-bond donors (Lipinski definition) is 0. The molecule has 0 aliphatic carbocycles. The third-order valence-electron chi connectivity index (χ3n) is 1.13. The third kappa shape index (κ3) is 5.66. The molecule has 3 heteroatoms. The fourth-order valence-electron chi connectivity index (χ4n) is 0.543. The lowest BCUT2D eigenvalue weighted by atomic mass is 10.1. The summed E-state index contributed by atoms with van der Waals surface area (Å²) < 4.78 is 24.3. The fourth-order valence-corrected chi connectivity index (χ4v) is 0.543. The zero-order chi connectivity index (χ0) is 6.62. The average molecular weight is 142 g/mol. The van der Waals surface area contributed by atoms with Gasteiger partial charge in [0.2, 0.25) is 5.92 Å². The Bertz CT molecular complexity index is 61.3. The molecule has 0 aromatic carbocycles. The van der Waals surface area contributed by atoms with Gasteiger partial charge in [0.05, 0.1) is 0 Å². The lowest BCUT2D eigenvalue weighted by molar-refractivity contribution is -0.0119. The Morgan fingerprint density at radius 3 is 1.78 bits per heavy atom. The van der Waals surface area contributed by atoms with Crippen molar-refractivity contribution < 1.29 is 13.5 Å². The van der Waals surface area contributed by atoms with Gasteiger partial charge in [-0.25, -0.2) is 8.78 Å². The van der Waals surface area contributed by atoms with E-state index in [-0.39, 0.29) is 17.5 Å². The Balaban J connectivity index is 0. The molecule has 0 radical (unpaired) electrons. The Hall–Kier alpha value is -0.210. The molecule has 0 nitrogen and oxygen atoms in total. The van der Waals surface area contributed by atoms with Crippen molar-refractivity contribution in [1.29, 1.82) is 0 Å². The van der Waals surface area contributed by atoms with Crippen LogP contribution in [0.25, 0.3) is 0 Å². The van der Waals surface area contributed by atoms with Crippen LogP contribution < -0.4 is 0 Å². The highest BCUT2D eigenvalue weighted by Crippen LogP contribution is 2.22. The van der Waals surface area contributed by atoms with E-state index in [2.05, 4.69) is 0 Å². The summed E-state index contributed by atoms with van der Waals surface area (Å²) in [7, 11) is 0. The molecule has 0 aromatic heterocycles. The molecule has 0 aliphatic rings. The first-order chi connectivity index (χ1) is 3.62. The van der Waals surface area contributed by atoms with Crippen LogP contribution in [0, 0.1) is 0 Å². The van der Waals surface area contributed by atoms with Gasteiger partial charge in [-0.15, -0.1) is 0 Å². The number of alkyl halides is 2.